The molecule has 1 aliphatic carbocycles. The molecule has 5 heterocycles. The molecule has 4 atom stereocenters. The molecular formula is C56H68N10O11S3. The van der Waals surface area contributed by atoms with Gasteiger partial charge in [0.25, 0.3) is 12.4 Å². The Hall–Kier alpha value is -7.38. The first-order valence-electron chi connectivity index (χ1n) is 26.1. The second kappa shape index (κ2) is 26.7. The predicted octanol–water partition coefficient (Wildman–Crippen LogP) is 4.56. The van der Waals surface area contributed by atoms with Gasteiger partial charge in [0, 0.05) is 62.7 Å². The normalized spacial score (nSPS) is 18.9. The molecule has 24 heteroatoms. The maximum atomic E-state index is 14.2. The Balaban J connectivity index is 0.00000301. The van der Waals surface area contributed by atoms with E-state index < -0.39 is 56.8 Å². The first kappa shape index (κ1) is 60.3. The number of benzene rings is 2. The Morgan fingerprint density at radius 3 is 2.29 bits per heavy atom. The van der Waals surface area contributed by atoms with Gasteiger partial charge in [0.1, 0.15) is 12.1 Å². The van der Waals surface area contributed by atoms with Crippen LogP contribution in [0.25, 0.3) is 16.0 Å². The van der Waals surface area contributed by atoms with Crippen LogP contribution in [0.1, 0.15) is 85.7 Å². The first-order chi connectivity index (χ1) is 38.1. The number of aliphatic hydroxyl groups is 1. The van der Waals surface area contributed by atoms with Crippen molar-refractivity contribution >= 4 is 85.3 Å². The highest BCUT2D eigenvalue weighted by Crippen LogP contribution is 2.40. The molecule has 0 saturated carbocycles. The topological polar surface area (TPSA) is 291 Å². The van der Waals surface area contributed by atoms with Crippen LogP contribution in [0, 0.1) is 18.3 Å². The zero-order chi connectivity index (χ0) is 57.8. The number of nitrogens with one attached hydrogen (secondary N) is 5. The summed E-state index contributed by atoms with van der Waals surface area (Å²) in [6.45, 7) is 8.91. The number of likely N-dealkylation sites (tertiary alicyclic amines) is 2. The Morgan fingerprint density at radius 2 is 1.64 bits per heavy atom. The molecule has 426 valence electrons. The second-order valence-corrected chi connectivity index (χ2v) is 24.7. The molecule has 2 aromatic carbocycles. The van der Waals surface area contributed by atoms with Crippen molar-refractivity contribution in [1.29, 1.82) is 0 Å². The zero-order valence-electron chi connectivity index (χ0n) is 45.2. The van der Waals surface area contributed by atoms with Crippen LogP contribution in [-0.2, 0) is 50.8 Å². The van der Waals surface area contributed by atoms with Crippen LogP contribution in [0.2, 0.25) is 0 Å². The maximum Gasteiger partial charge on any atom is 0.290 e. The molecule has 0 bridgehead atoms. The van der Waals surface area contributed by atoms with Gasteiger partial charge in [0.05, 0.1) is 51.7 Å². The fourth-order valence-electron chi connectivity index (χ4n) is 9.83. The fourth-order valence-corrected chi connectivity index (χ4v) is 12.1. The third-order valence-electron chi connectivity index (χ3n) is 14.2. The van der Waals surface area contributed by atoms with Gasteiger partial charge in [-0.25, -0.2) is 18.4 Å². The van der Waals surface area contributed by atoms with E-state index in [1.54, 1.807) is 16.8 Å². The summed E-state index contributed by atoms with van der Waals surface area (Å²) in [5.41, 5.74) is 5.99. The van der Waals surface area contributed by atoms with Crippen LogP contribution in [0.4, 0.5) is 5.13 Å². The van der Waals surface area contributed by atoms with Gasteiger partial charge in [-0.2, -0.15) is 0 Å². The number of thiazole rings is 2. The van der Waals surface area contributed by atoms with Crippen molar-refractivity contribution in [3.8, 4) is 10.4 Å². The van der Waals surface area contributed by atoms with E-state index in [1.165, 1.54) is 34.7 Å². The SMILES string of the molecule is Cc1ncsc1-c1ccc(CNC(=O)[C@@H]2C[C@@H](O)CN2C(=O)C(NC(=O)CCN2CCC(C(=O)NCC3(c4csc(NC(=O)CNC(=O)c5ccn(S(C)(=O)=O)c5)n4)C=CC=C(c4ccccc4)C3)CC2)C(C)(C)C)cc1.O=CO. The van der Waals surface area contributed by atoms with Gasteiger partial charge in [0.15, 0.2) is 5.13 Å². The van der Waals surface area contributed by atoms with E-state index in [2.05, 4.69) is 36.5 Å². The molecule has 2 aliphatic heterocycles. The summed E-state index contributed by atoms with van der Waals surface area (Å²) in [6.07, 6.45) is 10.4. The number of allylic oxidation sites excluding steroid dienone is 3. The minimum absolute atomic E-state index is 0.0273. The van der Waals surface area contributed by atoms with E-state index in [4.69, 9.17) is 14.9 Å². The lowest BCUT2D eigenvalue weighted by Crippen LogP contribution is -2.58. The fraction of sp³-hybridized carbons (Fsp3) is 0.411. The molecule has 5 aromatic rings. The molecule has 80 heavy (non-hydrogen) atoms. The minimum Gasteiger partial charge on any atom is -0.483 e. The number of hydrogen-bond donors (Lipinski definition) is 7. The lowest BCUT2D eigenvalue weighted by Gasteiger charge is -2.36. The van der Waals surface area contributed by atoms with Gasteiger partial charge < -0.3 is 46.6 Å². The number of aromatic nitrogens is 3. The Labute approximate surface area is 473 Å². The number of aliphatic hydroxyl groups excluding tert-OH is 1. The molecule has 3 aromatic heterocycles. The molecule has 2 fully saturated rings. The molecular weight excluding hydrogens is 1080 g/mol. The highest BCUT2D eigenvalue weighted by molar-refractivity contribution is 7.89. The average molecular weight is 1150 g/mol. The third kappa shape index (κ3) is 15.7. The number of amides is 6. The summed E-state index contributed by atoms with van der Waals surface area (Å²) in [5.74, 6) is -2.65. The number of β-amino-alcohol motifs (C(OH)–C–C–N with tert-alkyl or cyclic N) is 1. The standard InChI is InChI=1S/C55H66N10O9S3.CH2O2/c1-35-47(76-34-59-35)38-15-13-36(14-16-38)28-56-51(71)43-26-42(66)31-65(43)52(72)48(54(2,3)4)61-45(67)20-24-63-22-17-39(18-23-63)49(69)58-33-55(21-9-12-40(27-55)37-10-7-6-8-11-37)44-32-75-53(60-44)62-46(68)29-57-50(70)41-19-25-64(30-41)77(5,73)74;2-1-3/h6-16,19,21,25,30,32,34,39,42-43,48,66H,17-18,20,22-24,26-29,31,33H2,1-5H3,(H,56,71)(H,57,70)(H,58,69)(H,61,67)(H,60,62,68);1H,(H,2,3)/t42-,43+,48?,55?;/m1./s1. The van der Waals surface area contributed by atoms with Gasteiger partial charge in [0.2, 0.25) is 39.6 Å². The summed E-state index contributed by atoms with van der Waals surface area (Å²) in [4.78, 5) is 103. The van der Waals surface area contributed by atoms with Crippen molar-refractivity contribution in [2.45, 2.75) is 89.9 Å². The lowest BCUT2D eigenvalue weighted by atomic mass is 9.74. The number of piperidine rings is 1. The number of carboxylic acid groups (broad SMARTS) is 1. The molecule has 2 saturated heterocycles. The monoisotopic (exact) mass is 1150 g/mol. The van der Waals surface area contributed by atoms with Crippen molar-refractivity contribution < 1.29 is 52.2 Å². The smallest absolute Gasteiger partial charge is 0.290 e. The van der Waals surface area contributed by atoms with E-state index >= 15 is 0 Å². The van der Waals surface area contributed by atoms with Crippen molar-refractivity contribution in [1.82, 2.24) is 45.0 Å². The van der Waals surface area contributed by atoms with Gasteiger partial charge in [-0.15, -0.1) is 22.7 Å². The van der Waals surface area contributed by atoms with Gasteiger partial charge in [-0.1, -0.05) is 93.6 Å². The van der Waals surface area contributed by atoms with Crippen molar-refractivity contribution in [3.63, 3.8) is 0 Å². The third-order valence-corrected chi connectivity index (χ3v) is 17.0. The number of rotatable bonds is 19. The number of carbonyl (C=O) groups is 7. The van der Waals surface area contributed by atoms with Gasteiger partial charge in [-0.3, -0.25) is 37.5 Å². The molecule has 21 nitrogen and oxygen atoms in total. The van der Waals surface area contributed by atoms with Gasteiger partial charge in [-0.05, 0) is 73.0 Å². The molecule has 3 aliphatic rings. The predicted molar refractivity (Wildman–Crippen MR) is 305 cm³/mol. The van der Waals surface area contributed by atoms with Crippen molar-refractivity contribution in [2.75, 3.05) is 50.8 Å². The average Bonchev–Trinajstić information content (AvgIpc) is 4.29. The van der Waals surface area contributed by atoms with Crippen LogP contribution in [0.5, 0.6) is 0 Å². The van der Waals surface area contributed by atoms with Crippen LogP contribution >= 0.6 is 22.7 Å². The molecule has 2 unspecified atom stereocenters. The molecule has 7 N–H and O–H groups in total. The highest BCUT2D eigenvalue weighted by Gasteiger charge is 2.45. The summed E-state index contributed by atoms with van der Waals surface area (Å²) >= 11 is 2.78. The van der Waals surface area contributed by atoms with Crippen LogP contribution in [0.3, 0.4) is 0 Å². The van der Waals surface area contributed by atoms with Crippen LogP contribution < -0.4 is 26.6 Å². The van der Waals surface area contributed by atoms with E-state index in [9.17, 15) is 42.3 Å². The van der Waals surface area contributed by atoms with Crippen molar-refractivity contribution in [2.24, 2.45) is 11.3 Å². The number of nitrogens with zero attached hydrogens (tertiary/aromatic N) is 5. The zero-order valence-corrected chi connectivity index (χ0v) is 47.7. The highest BCUT2D eigenvalue weighted by atomic mass is 32.2. The van der Waals surface area contributed by atoms with E-state index in [0.29, 0.717) is 49.7 Å². The number of carbonyl (C=O) groups excluding carboxylic acids is 6. The molecule has 8 rings (SSSR count). The van der Waals surface area contributed by atoms with E-state index in [1.807, 2.05) is 106 Å². The maximum absolute atomic E-state index is 14.2. The molecule has 6 amide bonds. The quantitative estimate of drug-likeness (QED) is 0.0558. The Bertz CT molecular complexity index is 3200. The molecule has 0 spiro atoms. The Kier molecular flexibility index (Phi) is 20.1. The van der Waals surface area contributed by atoms with E-state index in [-0.39, 0.29) is 74.7 Å². The van der Waals surface area contributed by atoms with Crippen LogP contribution in [-0.4, -0.2) is 148 Å². The number of aryl methyl sites for hydroxylation is 1. The van der Waals surface area contributed by atoms with Crippen molar-refractivity contribution in [3.05, 3.63) is 130 Å². The lowest BCUT2D eigenvalue weighted by molar-refractivity contribution is -0.144. The second-order valence-electron chi connectivity index (χ2n) is 21.1. The first-order valence-corrected chi connectivity index (χ1v) is 29.7. The summed E-state index contributed by atoms with van der Waals surface area (Å²) < 4.78 is 24.6. The van der Waals surface area contributed by atoms with Gasteiger partial charge >= 0.3 is 0 Å². The Morgan fingerprint density at radius 1 is 0.925 bits per heavy atom. The number of anilines is 1. The minimum atomic E-state index is -3.58. The largest absolute Gasteiger partial charge is 0.483 e. The van der Waals surface area contributed by atoms with E-state index in [0.717, 1.165) is 43.1 Å². The van der Waals surface area contributed by atoms with Crippen LogP contribution in [0.15, 0.2) is 102 Å². The summed E-state index contributed by atoms with van der Waals surface area (Å²) in [7, 11) is -3.58. The summed E-state index contributed by atoms with van der Waals surface area (Å²) in [5, 5.41) is 34.1. The summed E-state index contributed by atoms with van der Waals surface area (Å²) in [6, 6.07) is 17.3. The number of hydrogen-bond acceptors (Lipinski definition) is 15. The molecule has 0 radical (unpaired) electrons.